The summed E-state index contributed by atoms with van der Waals surface area (Å²) in [6.07, 6.45) is 1.03. The van der Waals surface area contributed by atoms with Crippen molar-refractivity contribution in [2.45, 2.75) is 19.4 Å². The maximum atomic E-state index is 11.3. The Morgan fingerprint density at radius 2 is 2.28 bits per heavy atom. The Hall–Kier alpha value is -1.39. The maximum absolute atomic E-state index is 11.3. The smallest absolute Gasteiger partial charge is 0.233 e. The summed E-state index contributed by atoms with van der Waals surface area (Å²) in [5.41, 5.74) is 2.60. The van der Waals surface area contributed by atoms with Gasteiger partial charge in [0.05, 0.1) is 19.3 Å². The van der Waals surface area contributed by atoms with Crippen molar-refractivity contribution in [1.82, 2.24) is 10.6 Å². The molecule has 2 rings (SSSR count). The molecule has 0 bridgehead atoms. The molecule has 1 aromatic rings. The van der Waals surface area contributed by atoms with Crippen LogP contribution in [0.3, 0.4) is 0 Å². The van der Waals surface area contributed by atoms with Gasteiger partial charge in [0.1, 0.15) is 0 Å². The van der Waals surface area contributed by atoms with E-state index in [0.717, 1.165) is 13.0 Å². The van der Waals surface area contributed by atoms with Crippen molar-refractivity contribution in [3.05, 3.63) is 35.4 Å². The topological polar surface area (TPSA) is 50.4 Å². The van der Waals surface area contributed by atoms with Gasteiger partial charge in [0.25, 0.3) is 0 Å². The second-order valence-electron chi connectivity index (χ2n) is 4.39. The summed E-state index contributed by atoms with van der Waals surface area (Å²) in [5.74, 6) is 0.0293. The van der Waals surface area contributed by atoms with Crippen molar-refractivity contribution in [1.29, 1.82) is 0 Å². The van der Waals surface area contributed by atoms with E-state index in [1.807, 2.05) is 13.0 Å². The van der Waals surface area contributed by atoms with Gasteiger partial charge < -0.3 is 15.4 Å². The summed E-state index contributed by atoms with van der Waals surface area (Å²) in [6, 6.07) is 8.34. The van der Waals surface area contributed by atoms with Gasteiger partial charge in [-0.2, -0.15) is 0 Å². The number of rotatable bonds is 5. The molecule has 98 valence electrons. The van der Waals surface area contributed by atoms with Crippen LogP contribution < -0.4 is 10.6 Å². The molecule has 1 atom stereocenters. The number of carbonyl (C=O) groups is 1. The van der Waals surface area contributed by atoms with Crippen molar-refractivity contribution in [3.8, 4) is 0 Å². The van der Waals surface area contributed by atoms with E-state index in [1.165, 1.54) is 11.1 Å². The first-order valence-corrected chi connectivity index (χ1v) is 6.48. The van der Waals surface area contributed by atoms with Gasteiger partial charge in [-0.05, 0) is 24.5 Å². The highest BCUT2D eigenvalue weighted by atomic mass is 16.5. The molecule has 1 aliphatic heterocycles. The Kier molecular flexibility index (Phi) is 4.73. The minimum Gasteiger partial charge on any atom is -0.372 e. The van der Waals surface area contributed by atoms with Crippen LogP contribution in [0.15, 0.2) is 24.3 Å². The lowest BCUT2D eigenvalue weighted by molar-refractivity contribution is -0.120. The van der Waals surface area contributed by atoms with E-state index in [0.29, 0.717) is 19.6 Å². The molecule has 0 spiro atoms. The first kappa shape index (κ1) is 13.1. The van der Waals surface area contributed by atoms with E-state index in [-0.39, 0.29) is 12.0 Å². The third-order valence-electron chi connectivity index (χ3n) is 3.08. The Morgan fingerprint density at radius 1 is 1.44 bits per heavy atom. The second kappa shape index (κ2) is 6.52. The highest BCUT2D eigenvalue weighted by Gasteiger charge is 2.19. The van der Waals surface area contributed by atoms with E-state index in [2.05, 4.69) is 28.8 Å². The number of carbonyl (C=O) groups excluding carboxylic acids is 1. The average Bonchev–Trinajstić information content (AvgIpc) is 2.39. The highest BCUT2D eigenvalue weighted by Crippen LogP contribution is 2.25. The lowest BCUT2D eigenvalue weighted by Crippen LogP contribution is -2.36. The van der Waals surface area contributed by atoms with Gasteiger partial charge in [-0.15, -0.1) is 0 Å². The van der Waals surface area contributed by atoms with Gasteiger partial charge in [0.2, 0.25) is 5.91 Å². The Balaban J connectivity index is 1.86. The Bertz CT molecular complexity index is 407. The van der Waals surface area contributed by atoms with Crippen LogP contribution in [-0.4, -0.2) is 32.1 Å². The van der Waals surface area contributed by atoms with Crippen molar-refractivity contribution < 1.29 is 9.53 Å². The van der Waals surface area contributed by atoms with Crippen molar-refractivity contribution in [2.75, 3.05) is 26.2 Å². The van der Waals surface area contributed by atoms with E-state index in [1.54, 1.807) is 0 Å². The van der Waals surface area contributed by atoms with Crippen LogP contribution in [0.1, 0.15) is 24.2 Å². The zero-order valence-corrected chi connectivity index (χ0v) is 10.7. The monoisotopic (exact) mass is 248 g/mol. The van der Waals surface area contributed by atoms with Gasteiger partial charge in [-0.1, -0.05) is 24.3 Å². The molecule has 0 radical (unpaired) electrons. The average molecular weight is 248 g/mol. The summed E-state index contributed by atoms with van der Waals surface area (Å²) in [7, 11) is 0. The predicted octanol–water partition coefficient (Wildman–Crippen LogP) is 1.03. The zero-order chi connectivity index (χ0) is 12.8. The maximum Gasteiger partial charge on any atom is 0.233 e. The fourth-order valence-electron chi connectivity index (χ4n) is 2.22. The lowest BCUT2D eigenvalue weighted by atomic mass is 9.97. The Morgan fingerprint density at radius 3 is 3.11 bits per heavy atom. The molecule has 1 aromatic carbocycles. The summed E-state index contributed by atoms with van der Waals surface area (Å²) in [6.45, 7) is 4.36. The summed E-state index contributed by atoms with van der Waals surface area (Å²) in [4.78, 5) is 11.3. The molecule has 0 fully saturated rings. The molecule has 1 unspecified atom stereocenters. The van der Waals surface area contributed by atoms with Crippen LogP contribution in [-0.2, 0) is 16.0 Å². The molecule has 4 nitrogen and oxygen atoms in total. The minimum atomic E-state index is 0.0293. The molecule has 1 heterocycles. The van der Waals surface area contributed by atoms with E-state index in [4.69, 9.17) is 4.74 Å². The number of likely N-dealkylation sites (N-methyl/N-ethyl adjacent to an activating group) is 1. The van der Waals surface area contributed by atoms with Gasteiger partial charge >= 0.3 is 0 Å². The third-order valence-corrected chi connectivity index (χ3v) is 3.08. The number of fused-ring (bicyclic) bond motifs is 1. The van der Waals surface area contributed by atoms with Crippen LogP contribution in [0.25, 0.3) is 0 Å². The lowest BCUT2D eigenvalue weighted by Gasteiger charge is -2.26. The van der Waals surface area contributed by atoms with Crippen LogP contribution in [0.5, 0.6) is 0 Å². The first-order valence-electron chi connectivity index (χ1n) is 6.48. The van der Waals surface area contributed by atoms with E-state index in [9.17, 15) is 4.79 Å². The summed E-state index contributed by atoms with van der Waals surface area (Å²) in [5, 5.41) is 5.90. The molecule has 0 aliphatic carbocycles. The van der Waals surface area contributed by atoms with Gasteiger partial charge in [0.15, 0.2) is 0 Å². The number of benzene rings is 1. The quantitative estimate of drug-likeness (QED) is 0.818. The highest BCUT2D eigenvalue weighted by molar-refractivity contribution is 5.77. The van der Waals surface area contributed by atoms with Crippen molar-refractivity contribution in [2.24, 2.45) is 0 Å². The summed E-state index contributed by atoms with van der Waals surface area (Å²) < 4.78 is 5.75. The molecule has 0 aromatic heterocycles. The molecular formula is C14H20N2O2. The van der Waals surface area contributed by atoms with Crippen LogP contribution >= 0.6 is 0 Å². The van der Waals surface area contributed by atoms with E-state index < -0.39 is 0 Å². The fourth-order valence-corrected chi connectivity index (χ4v) is 2.22. The zero-order valence-electron chi connectivity index (χ0n) is 10.7. The van der Waals surface area contributed by atoms with Gasteiger partial charge in [-0.3, -0.25) is 4.79 Å². The molecule has 1 aliphatic rings. The normalized spacial score (nSPS) is 18.2. The SMILES string of the molecule is CCNC(=O)CNCC1OCCc2ccccc21. The van der Waals surface area contributed by atoms with Crippen molar-refractivity contribution >= 4 is 5.91 Å². The molecule has 4 heteroatoms. The Labute approximate surface area is 108 Å². The fraction of sp³-hybridized carbons (Fsp3) is 0.500. The third kappa shape index (κ3) is 3.31. The molecule has 1 amide bonds. The molecule has 18 heavy (non-hydrogen) atoms. The standard InChI is InChI=1S/C14H20N2O2/c1-2-16-14(17)10-15-9-13-12-6-4-3-5-11(12)7-8-18-13/h3-6,13,15H,2,7-10H2,1H3,(H,16,17). The predicted molar refractivity (Wildman–Crippen MR) is 70.4 cm³/mol. The number of hydrogen-bond donors (Lipinski definition) is 2. The molecule has 0 saturated heterocycles. The minimum absolute atomic E-state index is 0.0293. The van der Waals surface area contributed by atoms with Crippen LogP contribution in [0, 0.1) is 0 Å². The van der Waals surface area contributed by atoms with Crippen LogP contribution in [0.4, 0.5) is 0 Å². The number of nitrogens with one attached hydrogen (secondary N) is 2. The molecule has 0 saturated carbocycles. The largest absolute Gasteiger partial charge is 0.372 e. The van der Waals surface area contributed by atoms with Gasteiger partial charge in [0, 0.05) is 13.1 Å². The van der Waals surface area contributed by atoms with Crippen molar-refractivity contribution in [3.63, 3.8) is 0 Å². The van der Waals surface area contributed by atoms with Gasteiger partial charge in [-0.25, -0.2) is 0 Å². The first-order chi connectivity index (χ1) is 8.81. The second-order valence-corrected chi connectivity index (χ2v) is 4.39. The summed E-state index contributed by atoms with van der Waals surface area (Å²) >= 11 is 0. The molecule has 2 N–H and O–H groups in total. The van der Waals surface area contributed by atoms with E-state index >= 15 is 0 Å². The molecular weight excluding hydrogens is 228 g/mol. The van der Waals surface area contributed by atoms with Crippen LogP contribution in [0.2, 0.25) is 0 Å². The number of hydrogen-bond acceptors (Lipinski definition) is 3. The number of amides is 1. The number of ether oxygens (including phenoxy) is 1.